The Morgan fingerprint density at radius 3 is 2.18 bits per heavy atom. The molecule has 3 aromatic rings. The van der Waals surface area contributed by atoms with Crippen molar-refractivity contribution in [1.29, 1.82) is 0 Å². The lowest BCUT2D eigenvalue weighted by Crippen LogP contribution is -2.46. The molecule has 0 aliphatic carbocycles. The summed E-state index contributed by atoms with van der Waals surface area (Å²) in [4.78, 5) is 40.8. The van der Waals surface area contributed by atoms with Gasteiger partial charge in [-0.05, 0) is 35.4 Å². The fraction of sp³-hybridized carbons (Fsp3) is 0.0455. The lowest BCUT2D eigenvalue weighted by Gasteiger charge is -2.01. The molecule has 0 bridgehead atoms. The van der Waals surface area contributed by atoms with E-state index in [9.17, 15) is 14.4 Å². The van der Waals surface area contributed by atoms with Gasteiger partial charge in [-0.15, -0.1) is 0 Å². The molecule has 1 amide bonds. The Bertz CT molecular complexity index is 1240. The van der Waals surface area contributed by atoms with Crippen LogP contribution in [0.1, 0.15) is 18.1 Å². The van der Waals surface area contributed by atoms with Crippen molar-refractivity contribution in [3.63, 3.8) is 0 Å². The van der Waals surface area contributed by atoms with Crippen LogP contribution in [0.5, 0.6) is 0 Å². The van der Waals surface area contributed by atoms with Crippen molar-refractivity contribution in [1.82, 2.24) is 9.97 Å². The number of nitrogens with one attached hydrogen (secondary N) is 3. The summed E-state index contributed by atoms with van der Waals surface area (Å²) in [7, 11) is 0. The van der Waals surface area contributed by atoms with Crippen molar-refractivity contribution >= 4 is 29.8 Å². The maximum Gasteiger partial charge on any atom is 0.272 e. The van der Waals surface area contributed by atoms with E-state index in [4.69, 9.17) is 0 Å². The summed E-state index contributed by atoms with van der Waals surface area (Å²) in [5, 5.41) is 3.00. The summed E-state index contributed by atoms with van der Waals surface area (Å²) in [5.41, 5.74) is 1.58. The highest BCUT2D eigenvalue weighted by Gasteiger charge is 1.97. The lowest BCUT2D eigenvalue weighted by molar-refractivity contribution is -0.114. The number of aromatic amines is 2. The second-order valence-corrected chi connectivity index (χ2v) is 6.12. The number of H-pyrrole nitrogens is 2. The molecule has 0 fully saturated rings. The van der Waals surface area contributed by atoms with Crippen LogP contribution in [0.2, 0.25) is 0 Å². The van der Waals surface area contributed by atoms with Crippen LogP contribution in [-0.4, -0.2) is 15.9 Å². The molecular formula is C22H19N3O3. The fourth-order valence-corrected chi connectivity index (χ4v) is 2.56. The summed E-state index contributed by atoms with van der Waals surface area (Å²) in [6.07, 6.45) is 6.68. The molecule has 1 heterocycles. The van der Waals surface area contributed by atoms with E-state index >= 15 is 0 Å². The van der Waals surface area contributed by atoms with Crippen LogP contribution >= 0.6 is 0 Å². The fourth-order valence-electron chi connectivity index (χ4n) is 2.56. The van der Waals surface area contributed by atoms with Gasteiger partial charge in [0.25, 0.3) is 11.1 Å². The predicted molar refractivity (Wildman–Crippen MR) is 111 cm³/mol. The number of anilines is 1. The Kier molecular flexibility index (Phi) is 5.81. The van der Waals surface area contributed by atoms with Crippen LogP contribution in [0.25, 0.3) is 18.2 Å². The van der Waals surface area contributed by atoms with Crippen molar-refractivity contribution in [2.75, 3.05) is 5.32 Å². The molecule has 0 spiro atoms. The molecule has 0 unspecified atom stereocenters. The van der Waals surface area contributed by atoms with E-state index in [-0.39, 0.29) is 16.6 Å². The topological polar surface area (TPSA) is 94.8 Å². The molecule has 0 radical (unpaired) electrons. The van der Waals surface area contributed by atoms with Crippen molar-refractivity contribution in [3.8, 4) is 0 Å². The maximum atomic E-state index is 12.3. The Morgan fingerprint density at radius 1 is 0.857 bits per heavy atom. The first-order chi connectivity index (χ1) is 13.5. The Morgan fingerprint density at radius 2 is 1.50 bits per heavy atom. The van der Waals surface area contributed by atoms with E-state index in [2.05, 4.69) is 15.3 Å². The third-order valence-electron chi connectivity index (χ3n) is 3.88. The highest BCUT2D eigenvalue weighted by Crippen LogP contribution is 2.09. The first-order valence-corrected chi connectivity index (χ1v) is 8.67. The number of hydrogen-bond donors (Lipinski definition) is 3. The van der Waals surface area contributed by atoms with Crippen LogP contribution in [0.3, 0.4) is 0 Å². The minimum absolute atomic E-state index is 0.154. The first-order valence-electron chi connectivity index (χ1n) is 8.67. The van der Waals surface area contributed by atoms with Gasteiger partial charge in [-0.3, -0.25) is 14.4 Å². The SMILES string of the molecule is CC(=O)Nc1ccc(C=c2[nH]c(=O)c(=CC=Cc3ccccc3)[nH]c2=O)cc1. The molecule has 0 atom stereocenters. The molecule has 140 valence electrons. The number of aromatic nitrogens is 2. The summed E-state index contributed by atoms with van der Waals surface area (Å²) in [5.74, 6) is -0.161. The molecule has 6 heteroatoms. The second-order valence-electron chi connectivity index (χ2n) is 6.12. The molecule has 0 aliphatic heterocycles. The number of hydrogen-bond acceptors (Lipinski definition) is 3. The van der Waals surface area contributed by atoms with Gasteiger partial charge in [-0.2, -0.15) is 0 Å². The average Bonchev–Trinajstić information content (AvgIpc) is 2.67. The van der Waals surface area contributed by atoms with Gasteiger partial charge in [-0.1, -0.05) is 54.6 Å². The second kappa shape index (κ2) is 8.64. The molecule has 2 aromatic carbocycles. The van der Waals surface area contributed by atoms with E-state index in [1.165, 1.54) is 6.92 Å². The number of rotatable bonds is 4. The zero-order valence-electron chi connectivity index (χ0n) is 15.2. The lowest BCUT2D eigenvalue weighted by atomic mass is 10.2. The number of amides is 1. The van der Waals surface area contributed by atoms with Gasteiger partial charge in [0.1, 0.15) is 10.7 Å². The van der Waals surface area contributed by atoms with Crippen molar-refractivity contribution in [2.45, 2.75) is 6.92 Å². The van der Waals surface area contributed by atoms with Gasteiger partial charge in [-0.25, -0.2) is 0 Å². The summed E-state index contributed by atoms with van der Waals surface area (Å²) >= 11 is 0. The van der Waals surface area contributed by atoms with Crippen molar-refractivity contribution < 1.29 is 4.79 Å². The van der Waals surface area contributed by atoms with E-state index < -0.39 is 11.1 Å². The van der Waals surface area contributed by atoms with Gasteiger partial charge >= 0.3 is 0 Å². The first kappa shape index (κ1) is 18.8. The number of carbonyl (C=O) groups is 1. The largest absolute Gasteiger partial charge is 0.326 e. The Labute approximate surface area is 160 Å². The normalized spacial score (nSPS) is 12.5. The highest BCUT2D eigenvalue weighted by atomic mass is 16.1. The quantitative estimate of drug-likeness (QED) is 0.644. The Hall–Kier alpha value is -3.93. The van der Waals surface area contributed by atoms with Gasteiger partial charge in [0.15, 0.2) is 0 Å². The van der Waals surface area contributed by atoms with Crippen LogP contribution in [0, 0.1) is 0 Å². The van der Waals surface area contributed by atoms with Gasteiger partial charge < -0.3 is 15.3 Å². The van der Waals surface area contributed by atoms with E-state index in [1.807, 2.05) is 36.4 Å². The molecule has 6 nitrogen and oxygen atoms in total. The number of carbonyl (C=O) groups excluding carboxylic acids is 1. The average molecular weight is 373 g/mol. The Balaban J connectivity index is 1.89. The molecule has 0 aliphatic rings. The molecule has 3 N–H and O–H groups in total. The van der Waals surface area contributed by atoms with E-state index in [0.29, 0.717) is 5.69 Å². The number of allylic oxidation sites excluding steroid dienone is 1. The van der Waals surface area contributed by atoms with Gasteiger partial charge in [0, 0.05) is 12.6 Å². The van der Waals surface area contributed by atoms with Crippen LogP contribution < -0.4 is 27.1 Å². The standard InChI is InChI=1S/C22H19N3O3/c1-15(26)23-18-12-10-17(11-13-18)14-20-22(28)24-19(21(27)25-20)9-5-8-16-6-3-2-4-7-16/h2-14H,1H3,(H,23,26)(H,24,28)(H,25,27). The van der Waals surface area contributed by atoms with Crippen LogP contribution in [0.4, 0.5) is 5.69 Å². The van der Waals surface area contributed by atoms with Gasteiger partial charge in [0.05, 0.1) is 0 Å². The van der Waals surface area contributed by atoms with Crippen molar-refractivity contribution in [2.24, 2.45) is 0 Å². The summed E-state index contributed by atoms with van der Waals surface area (Å²) in [6, 6.07) is 16.6. The van der Waals surface area contributed by atoms with E-state index in [0.717, 1.165) is 11.1 Å². The number of benzene rings is 2. The third-order valence-corrected chi connectivity index (χ3v) is 3.88. The van der Waals surface area contributed by atoms with Crippen molar-refractivity contribution in [3.05, 3.63) is 103 Å². The summed E-state index contributed by atoms with van der Waals surface area (Å²) in [6.45, 7) is 1.43. The highest BCUT2D eigenvalue weighted by molar-refractivity contribution is 5.88. The summed E-state index contributed by atoms with van der Waals surface area (Å²) < 4.78 is 0. The molecule has 0 saturated carbocycles. The zero-order chi connectivity index (χ0) is 19.9. The molecule has 1 aromatic heterocycles. The molecule has 28 heavy (non-hydrogen) atoms. The smallest absolute Gasteiger partial charge is 0.272 e. The minimum Gasteiger partial charge on any atom is -0.326 e. The molecule has 0 saturated heterocycles. The zero-order valence-corrected chi connectivity index (χ0v) is 15.2. The molecular weight excluding hydrogens is 354 g/mol. The monoisotopic (exact) mass is 373 g/mol. The molecule has 3 rings (SSSR count). The minimum atomic E-state index is -0.398. The van der Waals surface area contributed by atoms with Gasteiger partial charge in [0.2, 0.25) is 5.91 Å². The third kappa shape index (κ3) is 5.04. The predicted octanol–water partition coefficient (Wildman–Crippen LogP) is 1.34. The maximum absolute atomic E-state index is 12.3. The van der Waals surface area contributed by atoms with Crippen LogP contribution in [-0.2, 0) is 4.79 Å². The van der Waals surface area contributed by atoms with Crippen LogP contribution in [0.15, 0.2) is 70.3 Å². The van der Waals surface area contributed by atoms with E-state index in [1.54, 1.807) is 42.5 Å².